The molecule has 2 heterocycles. The number of nitrogens with one attached hydrogen (secondary N) is 2. The average Bonchev–Trinajstić information content (AvgIpc) is 2.96. The van der Waals surface area contributed by atoms with Crippen LogP contribution < -0.4 is 21.3 Å². The van der Waals surface area contributed by atoms with E-state index in [0.717, 1.165) is 15.9 Å². The molecule has 0 saturated heterocycles. The molecule has 108 valence electrons. The number of thiophene rings is 1. The lowest BCUT2D eigenvalue weighted by Gasteiger charge is -2.10. The van der Waals surface area contributed by atoms with Crippen molar-refractivity contribution in [3.05, 3.63) is 34.7 Å². The van der Waals surface area contributed by atoms with Crippen molar-refractivity contribution >= 4 is 50.6 Å². The van der Waals surface area contributed by atoms with Crippen LogP contribution in [0.3, 0.4) is 0 Å². The summed E-state index contributed by atoms with van der Waals surface area (Å²) in [6, 6.07) is 7.38. The minimum absolute atomic E-state index is 0.354. The summed E-state index contributed by atoms with van der Waals surface area (Å²) in [5, 5.41) is 6.62. The van der Waals surface area contributed by atoms with Gasteiger partial charge in [0.2, 0.25) is 5.95 Å². The lowest BCUT2D eigenvalue weighted by molar-refractivity contribution is 0.415. The van der Waals surface area contributed by atoms with Gasteiger partial charge in [0.15, 0.2) is 0 Å². The summed E-state index contributed by atoms with van der Waals surface area (Å²) in [7, 11) is 1.58. The van der Waals surface area contributed by atoms with Crippen molar-refractivity contribution in [1.29, 1.82) is 0 Å². The number of nitrogens with two attached hydrogens (primary N) is 1. The molecule has 0 radical (unpaired) electrons. The van der Waals surface area contributed by atoms with Crippen LogP contribution in [0, 0.1) is 0 Å². The number of hydrazine groups is 1. The van der Waals surface area contributed by atoms with Crippen LogP contribution in [0.5, 0.6) is 5.75 Å². The molecule has 0 spiro atoms. The smallest absolute Gasteiger partial charge is 0.240 e. The number of rotatable bonds is 4. The minimum atomic E-state index is 0.354. The zero-order valence-corrected chi connectivity index (χ0v) is 12.6. The summed E-state index contributed by atoms with van der Waals surface area (Å²) in [4.78, 5) is 9.47. The number of ether oxygens (including phenoxy) is 1. The molecule has 0 unspecified atom stereocenters. The van der Waals surface area contributed by atoms with Crippen LogP contribution in [0.1, 0.15) is 0 Å². The molecule has 21 heavy (non-hydrogen) atoms. The van der Waals surface area contributed by atoms with E-state index in [4.69, 9.17) is 22.2 Å². The number of anilines is 3. The van der Waals surface area contributed by atoms with E-state index in [0.29, 0.717) is 22.5 Å². The standard InChI is InChI=1S/C13H12ClN5OS/c1-20-10-3-2-7(6-9(10)14)16-11-8-4-5-21-12(8)18-13(17-11)19-15/h2-6H,15H2,1H3,(H2,16,17,18,19). The van der Waals surface area contributed by atoms with Crippen molar-refractivity contribution in [2.75, 3.05) is 17.9 Å². The highest BCUT2D eigenvalue weighted by atomic mass is 35.5. The Kier molecular flexibility index (Phi) is 3.78. The first kappa shape index (κ1) is 13.9. The molecule has 0 aliphatic rings. The summed E-state index contributed by atoms with van der Waals surface area (Å²) >= 11 is 7.64. The van der Waals surface area contributed by atoms with Gasteiger partial charge in [-0.15, -0.1) is 11.3 Å². The number of aromatic nitrogens is 2. The van der Waals surface area contributed by atoms with Crippen LogP contribution in [0.25, 0.3) is 10.2 Å². The van der Waals surface area contributed by atoms with Gasteiger partial charge in [-0.05, 0) is 29.6 Å². The fraction of sp³-hybridized carbons (Fsp3) is 0.0769. The van der Waals surface area contributed by atoms with E-state index in [9.17, 15) is 0 Å². The Labute approximate surface area is 129 Å². The molecule has 8 heteroatoms. The highest BCUT2D eigenvalue weighted by molar-refractivity contribution is 7.16. The molecular formula is C13H12ClN5OS. The summed E-state index contributed by atoms with van der Waals surface area (Å²) in [6.07, 6.45) is 0. The van der Waals surface area contributed by atoms with Crippen LogP contribution >= 0.6 is 22.9 Å². The minimum Gasteiger partial charge on any atom is -0.495 e. The molecular weight excluding hydrogens is 310 g/mol. The molecule has 0 saturated carbocycles. The number of fused-ring (bicyclic) bond motifs is 1. The molecule has 0 aliphatic heterocycles. The monoisotopic (exact) mass is 321 g/mol. The van der Waals surface area contributed by atoms with Gasteiger partial charge in [-0.25, -0.2) is 10.8 Å². The van der Waals surface area contributed by atoms with E-state index >= 15 is 0 Å². The van der Waals surface area contributed by atoms with Crippen molar-refractivity contribution in [2.45, 2.75) is 0 Å². The first-order chi connectivity index (χ1) is 10.2. The van der Waals surface area contributed by atoms with Crippen molar-refractivity contribution in [2.24, 2.45) is 5.84 Å². The lowest BCUT2D eigenvalue weighted by Crippen LogP contribution is -2.11. The van der Waals surface area contributed by atoms with Gasteiger partial charge in [-0.2, -0.15) is 4.98 Å². The number of methoxy groups -OCH3 is 1. The maximum absolute atomic E-state index is 6.12. The molecule has 1 aromatic carbocycles. The Bertz CT molecular complexity index is 791. The van der Waals surface area contributed by atoms with E-state index in [1.807, 2.05) is 17.5 Å². The van der Waals surface area contributed by atoms with Gasteiger partial charge >= 0.3 is 0 Å². The number of nitrogen functional groups attached to an aromatic ring is 1. The molecule has 0 fully saturated rings. The third-order valence-electron chi connectivity index (χ3n) is 2.87. The number of halogens is 1. The maximum Gasteiger partial charge on any atom is 0.240 e. The lowest BCUT2D eigenvalue weighted by atomic mass is 10.3. The maximum atomic E-state index is 6.12. The normalized spacial score (nSPS) is 10.6. The van der Waals surface area contributed by atoms with Crippen LogP contribution in [-0.4, -0.2) is 17.1 Å². The Balaban J connectivity index is 2.01. The summed E-state index contributed by atoms with van der Waals surface area (Å²) in [5.41, 5.74) is 3.26. The fourth-order valence-corrected chi connectivity index (χ4v) is 2.92. The van der Waals surface area contributed by atoms with Crippen LogP contribution in [0.15, 0.2) is 29.6 Å². The van der Waals surface area contributed by atoms with Crippen LogP contribution in [0.2, 0.25) is 5.02 Å². The summed E-state index contributed by atoms with van der Waals surface area (Å²) in [6.45, 7) is 0. The number of nitrogens with zero attached hydrogens (tertiary/aromatic N) is 2. The zero-order chi connectivity index (χ0) is 14.8. The molecule has 0 aliphatic carbocycles. The van der Waals surface area contributed by atoms with Gasteiger partial charge in [0.1, 0.15) is 16.4 Å². The van der Waals surface area contributed by atoms with Crippen LogP contribution in [0.4, 0.5) is 17.5 Å². The van der Waals surface area contributed by atoms with E-state index < -0.39 is 0 Å². The Morgan fingerprint density at radius 2 is 2.14 bits per heavy atom. The second kappa shape index (κ2) is 5.72. The van der Waals surface area contributed by atoms with Gasteiger partial charge in [0.05, 0.1) is 17.5 Å². The Morgan fingerprint density at radius 1 is 1.29 bits per heavy atom. The van der Waals surface area contributed by atoms with Gasteiger partial charge in [0.25, 0.3) is 0 Å². The second-order valence-electron chi connectivity index (χ2n) is 4.15. The Morgan fingerprint density at radius 3 is 2.86 bits per heavy atom. The molecule has 6 nitrogen and oxygen atoms in total. The zero-order valence-electron chi connectivity index (χ0n) is 11.1. The van der Waals surface area contributed by atoms with E-state index in [-0.39, 0.29) is 0 Å². The van der Waals surface area contributed by atoms with Gasteiger partial charge in [-0.1, -0.05) is 11.6 Å². The number of benzene rings is 1. The molecule has 0 bridgehead atoms. The third-order valence-corrected chi connectivity index (χ3v) is 3.97. The molecule has 0 amide bonds. The number of hydrogen-bond acceptors (Lipinski definition) is 7. The third kappa shape index (κ3) is 2.71. The summed E-state index contributed by atoms with van der Waals surface area (Å²) < 4.78 is 5.13. The topological polar surface area (TPSA) is 85.1 Å². The molecule has 3 aromatic rings. The second-order valence-corrected chi connectivity index (χ2v) is 5.46. The predicted octanol–water partition coefficient (Wildman–Crippen LogP) is 3.38. The first-order valence-electron chi connectivity index (χ1n) is 6.03. The van der Waals surface area contributed by atoms with Crippen LogP contribution in [-0.2, 0) is 0 Å². The molecule has 0 atom stereocenters. The summed E-state index contributed by atoms with van der Waals surface area (Å²) in [5.74, 6) is 7.03. The first-order valence-corrected chi connectivity index (χ1v) is 7.29. The van der Waals surface area contributed by atoms with Gasteiger partial charge in [-0.3, -0.25) is 5.43 Å². The van der Waals surface area contributed by atoms with E-state index in [2.05, 4.69) is 20.7 Å². The highest BCUT2D eigenvalue weighted by Gasteiger charge is 2.09. The number of hydrogen-bond donors (Lipinski definition) is 3. The average molecular weight is 322 g/mol. The van der Waals surface area contributed by atoms with Crippen molar-refractivity contribution < 1.29 is 4.74 Å². The van der Waals surface area contributed by atoms with E-state index in [1.165, 1.54) is 11.3 Å². The van der Waals surface area contributed by atoms with Gasteiger partial charge in [0, 0.05) is 5.69 Å². The SMILES string of the molecule is COc1ccc(Nc2nc(NN)nc3sccc23)cc1Cl. The Hall–Kier alpha value is -2.09. The van der Waals surface area contributed by atoms with Crippen molar-refractivity contribution in [1.82, 2.24) is 9.97 Å². The highest BCUT2D eigenvalue weighted by Crippen LogP contribution is 2.31. The quantitative estimate of drug-likeness (QED) is 0.504. The predicted molar refractivity (Wildman–Crippen MR) is 86.5 cm³/mol. The molecule has 3 rings (SSSR count). The van der Waals surface area contributed by atoms with E-state index in [1.54, 1.807) is 19.2 Å². The fourth-order valence-electron chi connectivity index (χ4n) is 1.90. The largest absolute Gasteiger partial charge is 0.495 e. The van der Waals surface area contributed by atoms with Crippen molar-refractivity contribution in [3.63, 3.8) is 0 Å². The molecule has 4 N–H and O–H groups in total. The van der Waals surface area contributed by atoms with Crippen molar-refractivity contribution in [3.8, 4) is 5.75 Å². The van der Waals surface area contributed by atoms with Gasteiger partial charge < -0.3 is 10.1 Å². The molecule has 2 aromatic heterocycles.